The van der Waals surface area contributed by atoms with Crippen molar-refractivity contribution >= 4 is 31.6 Å². The van der Waals surface area contributed by atoms with E-state index in [1.165, 1.54) is 6.07 Å². The molecule has 0 amide bonds. The van der Waals surface area contributed by atoms with Gasteiger partial charge in [0.1, 0.15) is 0 Å². The number of nitrogens with zero attached hydrogens (tertiary/aromatic N) is 1. The van der Waals surface area contributed by atoms with E-state index in [4.69, 9.17) is 5.73 Å². The maximum atomic E-state index is 12.2. The molecule has 0 heterocycles. The van der Waals surface area contributed by atoms with Crippen molar-refractivity contribution in [2.24, 2.45) is 0 Å². The molecular weight excluding hydrogens is 342 g/mol. The second-order valence-corrected chi connectivity index (χ2v) is 7.42. The quantitative estimate of drug-likeness (QED) is 0.726. The maximum absolute atomic E-state index is 12.2. The Balaban J connectivity index is 2.67. The van der Waals surface area contributed by atoms with Crippen molar-refractivity contribution in [2.45, 2.75) is 31.2 Å². The van der Waals surface area contributed by atoms with Crippen LogP contribution in [0.2, 0.25) is 0 Å². The predicted molar refractivity (Wildman–Crippen MR) is 86.1 cm³/mol. The van der Waals surface area contributed by atoms with Gasteiger partial charge in [-0.05, 0) is 54.5 Å². The third-order valence-electron chi connectivity index (χ3n) is 3.35. The molecule has 0 spiro atoms. The number of sulfonamides is 1. The van der Waals surface area contributed by atoms with E-state index in [-0.39, 0.29) is 4.90 Å². The summed E-state index contributed by atoms with van der Waals surface area (Å²) in [5, 5.41) is 0. The van der Waals surface area contributed by atoms with Crippen LogP contribution in [0.1, 0.15) is 20.3 Å². The van der Waals surface area contributed by atoms with Crippen LogP contribution < -0.4 is 10.5 Å². The van der Waals surface area contributed by atoms with Crippen LogP contribution >= 0.6 is 15.9 Å². The van der Waals surface area contributed by atoms with E-state index in [1.807, 2.05) is 7.05 Å². The van der Waals surface area contributed by atoms with Gasteiger partial charge in [0.25, 0.3) is 0 Å². The highest BCUT2D eigenvalue weighted by Gasteiger charge is 2.17. The highest BCUT2D eigenvalue weighted by atomic mass is 79.9. The Morgan fingerprint density at radius 3 is 2.65 bits per heavy atom. The van der Waals surface area contributed by atoms with Crippen LogP contribution in [0.15, 0.2) is 27.6 Å². The first kappa shape index (κ1) is 17.4. The summed E-state index contributed by atoms with van der Waals surface area (Å²) in [7, 11) is -1.53. The Labute approximate surface area is 129 Å². The third-order valence-corrected chi connectivity index (χ3v) is 5.78. The summed E-state index contributed by atoms with van der Waals surface area (Å²) in [6.45, 7) is 5.27. The van der Waals surface area contributed by atoms with Crippen LogP contribution in [-0.2, 0) is 10.0 Å². The van der Waals surface area contributed by atoms with Crippen LogP contribution in [0.25, 0.3) is 0 Å². The fraction of sp³-hybridized carbons (Fsp3) is 0.538. The van der Waals surface area contributed by atoms with Gasteiger partial charge >= 0.3 is 0 Å². The first-order valence-corrected chi connectivity index (χ1v) is 8.80. The Morgan fingerprint density at radius 2 is 2.10 bits per heavy atom. The van der Waals surface area contributed by atoms with Crippen molar-refractivity contribution < 1.29 is 8.42 Å². The number of nitrogens with one attached hydrogen (secondary N) is 1. The number of benzene rings is 1. The molecule has 0 aliphatic carbocycles. The van der Waals surface area contributed by atoms with Crippen molar-refractivity contribution in [3.8, 4) is 0 Å². The number of halogens is 1. The largest absolute Gasteiger partial charge is 0.399 e. The molecule has 0 fully saturated rings. The van der Waals surface area contributed by atoms with E-state index >= 15 is 0 Å². The van der Waals surface area contributed by atoms with Gasteiger partial charge in [-0.3, -0.25) is 0 Å². The second-order valence-electron chi connectivity index (χ2n) is 4.83. The lowest BCUT2D eigenvalue weighted by Gasteiger charge is -2.23. The molecule has 0 saturated heterocycles. The molecule has 1 unspecified atom stereocenters. The number of hydrogen-bond acceptors (Lipinski definition) is 4. The topological polar surface area (TPSA) is 75.4 Å². The first-order valence-electron chi connectivity index (χ1n) is 6.53. The molecule has 1 atom stereocenters. The smallest absolute Gasteiger partial charge is 0.241 e. The molecule has 1 aromatic carbocycles. The number of rotatable bonds is 7. The SMILES string of the molecule is CCC(C)N(C)CCNS(=O)(=O)c1ccc(N)cc1Br. The molecular formula is C13H22BrN3O2S. The summed E-state index contributed by atoms with van der Waals surface area (Å²) in [6.07, 6.45) is 1.03. The number of nitrogens with two attached hydrogens (primary N) is 1. The molecule has 0 aromatic heterocycles. The van der Waals surface area contributed by atoms with E-state index < -0.39 is 10.0 Å². The highest BCUT2D eigenvalue weighted by Crippen LogP contribution is 2.23. The van der Waals surface area contributed by atoms with E-state index in [9.17, 15) is 8.42 Å². The molecule has 0 aliphatic heterocycles. The van der Waals surface area contributed by atoms with Crippen LogP contribution in [0, 0.1) is 0 Å². The van der Waals surface area contributed by atoms with Crippen molar-refractivity contribution in [1.29, 1.82) is 0 Å². The first-order chi connectivity index (χ1) is 9.27. The summed E-state index contributed by atoms with van der Waals surface area (Å²) in [5.74, 6) is 0. The molecule has 0 bridgehead atoms. The standard InChI is InChI=1S/C13H22BrN3O2S/c1-4-10(2)17(3)8-7-16-20(18,19)13-6-5-11(15)9-12(13)14/h5-6,9-10,16H,4,7-8,15H2,1-3H3. The van der Waals surface area contributed by atoms with E-state index in [0.29, 0.717) is 29.3 Å². The van der Waals surface area contributed by atoms with Crippen molar-refractivity contribution in [2.75, 3.05) is 25.9 Å². The minimum absolute atomic E-state index is 0.206. The number of anilines is 1. The van der Waals surface area contributed by atoms with Gasteiger partial charge in [-0.2, -0.15) is 0 Å². The van der Waals surface area contributed by atoms with E-state index in [0.717, 1.165) is 6.42 Å². The van der Waals surface area contributed by atoms with Crippen molar-refractivity contribution in [3.05, 3.63) is 22.7 Å². The Morgan fingerprint density at radius 1 is 1.45 bits per heavy atom. The second kappa shape index (κ2) is 7.40. The molecule has 114 valence electrons. The summed E-state index contributed by atoms with van der Waals surface area (Å²) >= 11 is 3.23. The van der Waals surface area contributed by atoms with Gasteiger partial charge in [0.15, 0.2) is 0 Å². The average molecular weight is 364 g/mol. The Hall–Kier alpha value is -0.630. The van der Waals surface area contributed by atoms with Crippen LogP contribution in [0.5, 0.6) is 0 Å². The van der Waals surface area contributed by atoms with Gasteiger partial charge in [-0.25, -0.2) is 13.1 Å². The molecule has 1 rings (SSSR count). The lowest BCUT2D eigenvalue weighted by molar-refractivity contribution is 0.256. The van der Waals surface area contributed by atoms with Gasteiger partial charge in [0.2, 0.25) is 10.0 Å². The molecule has 0 aliphatic rings. The highest BCUT2D eigenvalue weighted by molar-refractivity contribution is 9.10. The minimum atomic E-state index is -3.51. The molecule has 0 radical (unpaired) electrons. The fourth-order valence-corrected chi connectivity index (χ4v) is 3.82. The Bertz CT molecular complexity index is 549. The fourth-order valence-electron chi connectivity index (χ4n) is 1.70. The summed E-state index contributed by atoms with van der Waals surface area (Å²) < 4.78 is 27.4. The maximum Gasteiger partial charge on any atom is 0.241 e. The molecule has 20 heavy (non-hydrogen) atoms. The minimum Gasteiger partial charge on any atom is -0.399 e. The van der Waals surface area contributed by atoms with Gasteiger partial charge < -0.3 is 10.6 Å². The summed E-state index contributed by atoms with van der Waals surface area (Å²) in [6, 6.07) is 5.09. The molecule has 5 nitrogen and oxygen atoms in total. The monoisotopic (exact) mass is 363 g/mol. The van der Waals surface area contributed by atoms with E-state index in [1.54, 1.807) is 12.1 Å². The lowest BCUT2D eigenvalue weighted by atomic mass is 10.2. The van der Waals surface area contributed by atoms with Crippen LogP contribution in [0.4, 0.5) is 5.69 Å². The summed E-state index contributed by atoms with van der Waals surface area (Å²) in [5.41, 5.74) is 6.13. The van der Waals surface area contributed by atoms with Gasteiger partial charge in [-0.15, -0.1) is 0 Å². The number of likely N-dealkylation sites (N-methyl/N-ethyl adjacent to an activating group) is 1. The van der Waals surface area contributed by atoms with Gasteiger partial charge in [0.05, 0.1) is 4.90 Å². The number of hydrogen-bond donors (Lipinski definition) is 2. The van der Waals surface area contributed by atoms with Crippen molar-refractivity contribution in [3.63, 3.8) is 0 Å². The molecule has 7 heteroatoms. The number of nitrogen functional groups attached to an aromatic ring is 1. The molecule has 0 saturated carbocycles. The van der Waals surface area contributed by atoms with Gasteiger partial charge in [0, 0.05) is 29.3 Å². The lowest BCUT2D eigenvalue weighted by Crippen LogP contribution is -2.37. The Kier molecular flexibility index (Phi) is 6.44. The van der Waals surface area contributed by atoms with Crippen molar-refractivity contribution in [1.82, 2.24) is 9.62 Å². The van der Waals surface area contributed by atoms with E-state index in [2.05, 4.69) is 39.4 Å². The average Bonchev–Trinajstić information content (AvgIpc) is 2.36. The summed E-state index contributed by atoms with van der Waals surface area (Å²) in [4.78, 5) is 2.33. The molecule has 3 N–H and O–H groups in total. The third kappa shape index (κ3) is 4.73. The zero-order valence-corrected chi connectivity index (χ0v) is 14.5. The van der Waals surface area contributed by atoms with Crippen LogP contribution in [-0.4, -0.2) is 39.5 Å². The normalized spacial score (nSPS) is 13.7. The molecule has 1 aromatic rings. The zero-order chi connectivity index (χ0) is 15.3. The van der Waals surface area contributed by atoms with Gasteiger partial charge in [-0.1, -0.05) is 6.92 Å². The van der Waals surface area contributed by atoms with Crippen LogP contribution in [0.3, 0.4) is 0 Å². The predicted octanol–water partition coefficient (Wildman–Crippen LogP) is 2.04. The zero-order valence-electron chi connectivity index (χ0n) is 12.1.